The second-order valence-corrected chi connectivity index (χ2v) is 10.7. The van der Waals surface area contributed by atoms with Crippen LogP contribution in [0.5, 0.6) is 5.75 Å². The number of ether oxygens (including phenoxy) is 1. The van der Waals surface area contributed by atoms with E-state index < -0.39 is 10.0 Å². The van der Waals surface area contributed by atoms with Crippen molar-refractivity contribution < 1.29 is 13.2 Å². The van der Waals surface area contributed by atoms with Gasteiger partial charge >= 0.3 is 0 Å². The van der Waals surface area contributed by atoms with E-state index in [1.165, 1.54) is 0 Å². The molecular weight excluding hydrogens is 464 g/mol. The summed E-state index contributed by atoms with van der Waals surface area (Å²) in [5, 5.41) is 0. The molecule has 1 fully saturated rings. The number of aliphatic imine (C=N–C) groups is 1. The van der Waals surface area contributed by atoms with Crippen molar-refractivity contribution in [2.75, 3.05) is 44.8 Å². The fourth-order valence-electron chi connectivity index (χ4n) is 4.66. The standard InChI is InChI=1S/C25H36N6O3S/c1-6-10-23-26-18(5)24-21(7-2)27-25(28-31(23)24)20-17-19(11-12-22(20)34-9-4)35(32,33)30-15-13-29(8-3)14-16-30/h7,11-12,17,21H,2,6,8-10,13-16H2,1,3-5H3,(H,27,28). The zero-order valence-electron chi connectivity index (χ0n) is 21.1. The average Bonchev–Trinajstić information content (AvgIpc) is 3.19. The fraction of sp³-hybridized carbons (Fsp3) is 0.520. The van der Waals surface area contributed by atoms with Crippen molar-refractivity contribution in [1.82, 2.24) is 18.9 Å². The number of aryl methyl sites for hydroxylation is 2. The van der Waals surface area contributed by atoms with Crippen LogP contribution in [0.15, 0.2) is 40.7 Å². The van der Waals surface area contributed by atoms with E-state index in [0.717, 1.165) is 49.7 Å². The van der Waals surface area contributed by atoms with Crippen molar-refractivity contribution in [2.24, 2.45) is 4.99 Å². The number of nitrogens with one attached hydrogen (secondary N) is 1. The van der Waals surface area contributed by atoms with Gasteiger partial charge in [0.05, 0.1) is 28.5 Å². The smallest absolute Gasteiger partial charge is 0.243 e. The summed E-state index contributed by atoms with van der Waals surface area (Å²) in [5.41, 5.74) is 5.84. The molecule has 1 aromatic heterocycles. The molecule has 2 aliphatic rings. The SMILES string of the molecule is C=CC1N=C(c2cc(S(=O)(=O)N3CCN(CC)CC3)ccc2OCC)Nn2c(CCC)nc(C)c21. The minimum absolute atomic E-state index is 0.238. The molecule has 3 heterocycles. The minimum Gasteiger partial charge on any atom is -0.493 e. The number of hydrogen-bond acceptors (Lipinski definition) is 7. The lowest BCUT2D eigenvalue weighted by Gasteiger charge is -2.33. The number of fused-ring (bicyclic) bond motifs is 1. The average molecular weight is 501 g/mol. The molecule has 1 unspecified atom stereocenters. The van der Waals surface area contributed by atoms with Gasteiger partial charge in [0.1, 0.15) is 17.6 Å². The summed E-state index contributed by atoms with van der Waals surface area (Å²) >= 11 is 0. The van der Waals surface area contributed by atoms with Gasteiger partial charge in [0, 0.05) is 32.6 Å². The van der Waals surface area contributed by atoms with E-state index in [4.69, 9.17) is 14.7 Å². The first-order valence-electron chi connectivity index (χ1n) is 12.4. The van der Waals surface area contributed by atoms with E-state index >= 15 is 0 Å². The molecule has 35 heavy (non-hydrogen) atoms. The lowest BCUT2D eigenvalue weighted by Crippen LogP contribution is -2.48. The lowest BCUT2D eigenvalue weighted by molar-refractivity contribution is 0.196. The Morgan fingerprint density at radius 2 is 1.94 bits per heavy atom. The van der Waals surface area contributed by atoms with Gasteiger partial charge in [0.25, 0.3) is 0 Å². The molecule has 9 nitrogen and oxygen atoms in total. The molecule has 1 saturated heterocycles. The van der Waals surface area contributed by atoms with Crippen molar-refractivity contribution in [3.8, 4) is 5.75 Å². The molecule has 1 aromatic carbocycles. The second-order valence-electron chi connectivity index (χ2n) is 8.78. The number of amidine groups is 1. The molecule has 0 bridgehead atoms. The highest BCUT2D eigenvalue weighted by molar-refractivity contribution is 7.89. The molecule has 2 aliphatic heterocycles. The maximum atomic E-state index is 13.5. The highest BCUT2D eigenvalue weighted by Crippen LogP contribution is 2.32. The van der Waals surface area contributed by atoms with Gasteiger partial charge in [-0.15, -0.1) is 6.58 Å². The van der Waals surface area contributed by atoms with Crippen molar-refractivity contribution in [3.05, 3.63) is 53.6 Å². The topological polar surface area (TPSA) is 92.1 Å². The molecule has 2 aromatic rings. The highest BCUT2D eigenvalue weighted by atomic mass is 32.2. The number of hydrogen-bond donors (Lipinski definition) is 1. The number of imidazole rings is 1. The van der Waals surface area contributed by atoms with Gasteiger partial charge in [-0.05, 0) is 45.0 Å². The van der Waals surface area contributed by atoms with Crippen LogP contribution in [0.1, 0.15) is 56.0 Å². The Bertz CT molecular complexity index is 1210. The summed E-state index contributed by atoms with van der Waals surface area (Å²) < 4.78 is 36.5. The summed E-state index contributed by atoms with van der Waals surface area (Å²) in [6, 6.07) is 4.72. The summed E-state index contributed by atoms with van der Waals surface area (Å²) in [6.45, 7) is 15.9. The van der Waals surface area contributed by atoms with E-state index in [0.29, 0.717) is 36.8 Å². The predicted octanol–water partition coefficient (Wildman–Crippen LogP) is 3.10. The Morgan fingerprint density at radius 1 is 1.20 bits per heavy atom. The van der Waals surface area contributed by atoms with E-state index in [1.807, 2.05) is 18.5 Å². The number of benzene rings is 1. The number of likely N-dealkylation sites (N-methyl/N-ethyl adjacent to an activating group) is 1. The Balaban J connectivity index is 1.74. The molecular formula is C25H36N6O3S. The largest absolute Gasteiger partial charge is 0.493 e. The molecule has 4 rings (SSSR count). The molecule has 0 saturated carbocycles. The van der Waals surface area contributed by atoms with Gasteiger partial charge in [0.2, 0.25) is 10.0 Å². The monoisotopic (exact) mass is 500 g/mol. The zero-order chi connectivity index (χ0) is 25.2. The van der Waals surface area contributed by atoms with Crippen molar-refractivity contribution in [2.45, 2.75) is 51.5 Å². The predicted molar refractivity (Wildman–Crippen MR) is 138 cm³/mol. The zero-order valence-corrected chi connectivity index (χ0v) is 21.9. The molecule has 0 aliphatic carbocycles. The van der Waals surface area contributed by atoms with Crippen LogP contribution in [0.25, 0.3) is 0 Å². The molecule has 190 valence electrons. The van der Waals surface area contributed by atoms with Gasteiger partial charge in [-0.3, -0.25) is 10.4 Å². The number of nitrogens with zero attached hydrogens (tertiary/aromatic N) is 5. The fourth-order valence-corrected chi connectivity index (χ4v) is 6.11. The maximum absolute atomic E-state index is 13.5. The van der Waals surface area contributed by atoms with Crippen LogP contribution in [0.3, 0.4) is 0 Å². The van der Waals surface area contributed by atoms with Crippen molar-refractivity contribution in [1.29, 1.82) is 0 Å². The molecule has 1 atom stereocenters. The maximum Gasteiger partial charge on any atom is 0.243 e. The van der Waals surface area contributed by atoms with E-state index in [9.17, 15) is 8.42 Å². The Morgan fingerprint density at radius 3 is 2.57 bits per heavy atom. The number of rotatable bonds is 9. The van der Waals surface area contributed by atoms with Gasteiger partial charge in [-0.25, -0.2) is 18.1 Å². The first-order valence-corrected chi connectivity index (χ1v) is 13.8. The quantitative estimate of drug-likeness (QED) is 0.532. The number of sulfonamides is 1. The van der Waals surface area contributed by atoms with Gasteiger partial charge < -0.3 is 9.64 Å². The summed E-state index contributed by atoms with van der Waals surface area (Å²) in [4.78, 5) is 12.1. The normalized spacial score (nSPS) is 19.1. The van der Waals surface area contributed by atoms with E-state index in [2.05, 4.69) is 30.8 Å². The minimum atomic E-state index is -3.65. The second kappa shape index (κ2) is 10.5. The van der Waals surface area contributed by atoms with Crippen LogP contribution in [-0.2, 0) is 16.4 Å². The van der Waals surface area contributed by atoms with Crippen molar-refractivity contribution in [3.63, 3.8) is 0 Å². The van der Waals surface area contributed by atoms with Gasteiger partial charge in [-0.2, -0.15) is 4.31 Å². The third kappa shape index (κ3) is 4.87. The third-order valence-electron chi connectivity index (χ3n) is 6.55. The van der Waals surface area contributed by atoms with Crippen molar-refractivity contribution >= 4 is 15.9 Å². The summed E-state index contributed by atoms with van der Waals surface area (Å²) in [6.07, 6.45) is 3.54. The molecule has 0 amide bonds. The summed E-state index contributed by atoms with van der Waals surface area (Å²) in [7, 11) is -3.65. The first-order chi connectivity index (χ1) is 16.8. The van der Waals surface area contributed by atoms with Gasteiger partial charge in [0.15, 0.2) is 5.84 Å². The Kier molecular flexibility index (Phi) is 7.63. The van der Waals surface area contributed by atoms with Crippen LogP contribution in [-0.4, -0.2) is 72.4 Å². The third-order valence-corrected chi connectivity index (χ3v) is 8.45. The van der Waals surface area contributed by atoms with Gasteiger partial charge in [-0.1, -0.05) is 19.9 Å². The Labute approximate surface area is 208 Å². The molecule has 1 N–H and O–H groups in total. The number of piperazine rings is 1. The lowest BCUT2D eigenvalue weighted by atomic mass is 10.1. The summed E-state index contributed by atoms with van der Waals surface area (Å²) in [5.74, 6) is 2.02. The van der Waals surface area contributed by atoms with E-state index in [1.54, 1.807) is 28.6 Å². The van der Waals surface area contributed by atoms with Crippen LogP contribution in [0.4, 0.5) is 0 Å². The molecule has 0 spiro atoms. The molecule has 10 heteroatoms. The van der Waals surface area contributed by atoms with Crippen LogP contribution < -0.4 is 10.2 Å². The van der Waals surface area contributed by atoms with Crippen LogP contribution in [0.2, 0.25) is 0 Å². The van der Waals surface area contributed by atoms with E-state index in [-0.39, 0.29) is 10.9 Å². The van der Waals surface area contributed by atoms with Crippen LogP contribution in [0, 0.1) is 6.92 Å². The molecule has 0 radical (unpaired) electrons. The van der Waals surface area contributed by atoms with Crippen LogP contribution >= 0.6 is 0 Å². The highest BCUT2D eigenvalue weighted by Gasteiger charge is 2.31. The number of aromatic nitrogens is 2. The Hall–Kier alpha value is -2.69. The first kappa shape index (κ1) is 25.4.